The maximum absolute atomic E-state index is 14.6. The Kier molecular flexibility index (Phi) is 5.59. The molecule has 1 aromatic rings. The molecule has 1 heterocycles. The van der Waals surface area contributed by atoms with Crippen molar-refractivity contribution >= 4 is 17.5 Å². The third-order valence-electron chi connectivity index (χ3n) is 13.5. The quantitative estimate of drug-likeness (QED) is 0.380. The number of aromatic nitrogens is 2. The topological polar surface area (TPSA) is 69.0 Å². The average molecular weight is 533 g/mol. The van der Waals surface area contributed by atoms with Crippen LogP contribution in [0, 0.1) is 56.2 Å². The van der Waals surface area contributed by atoms with E-state index in [2.05, 4.69) is 66.4 Å². The number of carbonyl (C=O) groups is 3. The van der Waals surface area contributed by atoms with Gasteiger partial charge >= 0.3 is 0 Å². The number of rotatable bonds is 1. The lowest BCUT2D eigenvalue weighted by molar-refractivity contribution is -0.171. The molecule has 5 aliphatic rings. The van der Waals surface area contributed by atoms with Gasteiger partial charge < -0.3 is 0 Å². The van der Waals surface area contributed by atoms with E-state index in [-0.39, 0.29) is 62.4 Å². The van der Waals surface area contributed by atoms with Gasteiger partial charge in [-0.15, -0.1) is 0 Å². The van der Waals surface area contributed by atoms with Gasteiger partial charge in [-0.05, 0) is 90.9 Å². The summed E-state index contributed by atoms with van der Waals surface area (Å²) in [5, 5.41) is 0. The van der Waals surface area contributed by atoms with Gasteiger partial charge in [-0.3, -0.25) is 19.0 Å². The van der Waals surface area contributed by atoms with E-state index in [0.29, 0.717) is 5.78 Å². The number of ketones is 2. The Morgan fingerprint density at radius 1 is 0.949 bits per heavy atom. The molecular weight excluding hydrogens is 484 g/mol. The molecule has 5 nitrogen and oxygen atoms in total. The van der Waals surface area contributed by atoms with Gasteiger partial charge in [-0.1, -0.05) is 61.0 Å². The number of fused-ring (bicyclic) bond motifs is 7. The van der Waals surface area contributed by atoms with Gasteiger partial charge in [0.05, 0.1) is 5.41 Å². The Morgan fingerprint density at radius 3 is 2.31 bits per heavy atom. The summed E-state index contributed by atoms with van der Waals surface area (Å²) < 4.78 is 1.68. The van der Waals surface area contributed by atoms with Gasteiger partial charge in [0.1, 0.15) is 12.1 Å². The van der Waals surface area contributed by atoms with E-state index < -0.39 is 5.41 Å². The molecule has 1 aromatic heterocycles. The fourth-order valence-electron chi connectivity index (χ4n) is 11.4. The van der Waals surface area contributed by atoms with Crippen LogP contribution in [0.1, 0.15) is 112 Å². The van der Waals surface area contributed by atoms with E-state index in [1.165, 1.54) is 5.57 Å². The molecule has 0 aromatic carbocycles. The molecule has 6 rings (SSSR count). The molecule has 0 N–H and O–H groups in total. The van der Waals surface area contributed by atoms with E-state index in [1.54, 1.807) is 23.3 Å². The molecule has 212 valence electrons. The van der Waals surface area contributed by atoms with Crippen molar-refractivity contribution in [3.05, 3.63) is 30.4 Å². The molecule has 5 heteroatoms. The summed E-state index contributed by atoms with van der Waals surface area (Å²) in [5.74, 6) is 0.849. The minimum atomic E-state index is -0.521. The number of nitrogens with zero attached hydrogens (tertiary/aromatic N) is 2. The normalized spacial score (nSPS) is 46.3. The van der Waals surface area contributed by atoms with Crippen LogP contribution in [-0.4, -0.2) is 27.0 Å². The molecule has 0 spiro atoms. The first-order chi connectivity index (χ1) is 18.0. The molecule has 0 radical (unpaired) electrons. The summed E-state index contributed by atoms with van der Waals surface area (Å²) in [6.45, 7) is 18.2. The molecular formula is C34H48N2O3. The first kappa shape index (κ1) is 27.1. The van der Waals surface area contributed by atoms with Crippen LogP contribution in [0.3, 0.4) is 0 Å². The largest absolute Gasteiger partial charge is 0.299 e. The van der Waals surface area contributed by atoms with E-state index in [1.807, 2.05) is 0 Å². The zero-order chi connectivity index (χ0) is 28.4. The first-order valence-electron chi connectivity index (χ1n) is 15.4. The van der Waals surface area contributed by atoms with Crippen LogP contribution in [0.2, 0.25) is 0 Å². The van der Waals surface area contributed by atoms with Crippen molar-refractivity contribution in [1.29, 1.82) is 0 Å². The van der Waals surface area contributed by atoms with Crippen LogP contribution >= 0.6 is 0 Å². The molecule has 39 heavy (non-hydrogen) atoms. The fourth-order valence-corrected chi connectivity index (χ4v) is 11.4. The van der Waals surface area contributed by atoms with Crippen molar-refractivity contribution in [3.63, 3.8) is 0 Å². The van der Waals surface area contributed by atoms with E-state index >= 15 is 0 Å². The maximum atomic E-state index is 14.6. The molecule has 4 saturated carbocycles. The first-order valence-corrected chi connectivity index (χ1v) is 15.4. The van der Waals surface area contributed by atoms with Crippen molar-refractivity contribution in [2.45, 2.75) is 107 Å². The third-order valence-corrected chi connectivity index (χ3v) is 13.5. The molecule has 0 bridgehead atoms. The van der Waals surface area contributed by atoms with E-state index in [0.717, 1.165) is 51.4 Å². The Hall–Kier alpha value is -2.04. The lowest BCUT2D eigenvalue weighted by Crippen LogP contribution is -2.66. The number of carbonyl (C=O) groups excluding carboxylic acids is 3. The van der Waals surface area contributed by atoms with Gasteiger partial charge in [-0.2, -0.15) is 0 Å². The smallest absolute Gasteiger partial charge is 0.238 e. The van der Waals surface area contributed by atoms with Crippen LogP contribution in [0.15, 0.2) is 30.4 Å². The van der Waals surface area contributed by atoms with Gasteiger partial charge in [0.25, 0.3) is 0 Å². The van der Waals surface area contributed by atoms with Gasteiger partial charge in [-0.25, -0.2) is 4.98 Å². The standard InChI is InChI=1S/C34H48N2O3/c1-21-18-31(6)24(30(4,5)27(21)38)9-10-32(7)25(31)17-23(37)26-22-19-29(2,3)11-13-34(22,14-12-33(26,32)8)28(39)36-16-15-35-20-36/h15-17,20-22,24,26H,9-14,18-19H2,1-8H3/t21?,22-,24-,26-,31-,32+,33+,34-/m0/s1. The molecule has 0 amide bonds. The third kappa shape index (κ3) is 3.31. The zero-order valence-corrected chi connectivity index (χ0v) is 25.4. The molecule has 1 unspecified atom stereocenters. The monoisotopic (exact) mass is 532 g/mol. The second kappa shape index (κ2) is 8.03. The lowest BCUT2D eigenvalue weighted by Gasteiger charge is -2.69. The van der Waals surface area contributed by atoms with Crippen molar-refractivity contribution in [2.75, 3.05) is 0 Å². The molecule has 4 fully saturated rings. The lowest BCUT2D eigenvalue weighted by atomic mass is 9.33. The van der Waals surface area contributed by atoms with Crippen LogP contribution in [-0.2, 0) is 9.59 Å². The highest BCUT2D eigenvalue weighted by Crippen LogP contribution is 2.75. The van der Waals surface area contributed by atoms with Gasteiger partial charge in [0.15, 0.2) is 5.78 Å². The minimum Gasteiger partial charge on any atom is -0.299 e. The SMILES string of the molecule is CC1C[C@]2(C)C3=CC(=O)[C@@H]4[C@@H]5CC(C)(C)CC[C@]5(C(=O)n5ccnc5)CC[C@@]4(C)[C@]3(C)CC[C@H]2C(C)(C)C1=O. The summed E-state index contributed by atoms with van der Waals surface area (Å²) >= 11 is 0. The van der Waals surface area contributed by atoms with Crippen LogP contribution in [0.4, 0.5) is 0 Å². The highest BCUT2D eigenvalue weighted by Gasteiger charge is 2.71. The number of imidazole rings is 1. The molecule has 0 aliphatic heterocycles. The Bertz CT molecular complexity index is 1270. The zero-order valence-electron chi connectivity index (χ0n) is 25.4. The maximum Gasteiger partial charge on any atom is 0.238 e. The minimum absolute atomic E-state index is 0.00363. The van der Waals surface area contributed by atoms with Gasteiger partial charge in [0.2, 0.25) is 5.91 Å². The van der Waals surface area contributed by atoms with Gasteiger partial charge in [0, 0.05) is 29.6 Å². The van der Waals surface area contributed by atoms with Crippen molar-refractivity contribution in [3.8, 4) is 0 Å². The summed E-state index contributed by atoms with van der Waals surface area (Å²) in [5.41, 5.74) is -0.00735. The second-order valence-electron chi connectivity index (χ2n) is 16.3. The number of Topliss-reactive ketones (excluding diaryl/α,β-unsaturated/α-hetero) is 1. The van der Waals surface area contributed by atoms with Crippen molar-refractivity contribution < 1.29 is 14.4 Å². The Morgan fingerprint density at radius 2 is 1.64 bits per heavy atom. The van der Waals surface area contributed by atoms with Crippen molar-refractivity contribution in [2.24, 2.45) is 56.2 Å². The molecule has 5 aliphatic carbocycles. The highest BCUT2D eigenvalue weighted by molar-refractivity contribution is 5.97. The fraction of sp³-hybridized carbons (Fsp3) is 0.765. The van der Waals surface area contributed by atoms with E-state index in [4.69, 9.17) is 0 Å². The summed E-state index contributed by atoms with van der Waals surface area (Å²) in [7, 11) is 0. The number of hydrogen-bond acceptors (Lipinski definition) is 4. The summed E-state index contributed by atoms with van der Waals surface area (Å²) in [6.07, 6.45) is 14.4. The second-order valence-corrected chi connectivity index (χ2v) is 16.3. The van der Waals surface area contributed by atoms with E-state index in [9.17, 15) is 14.4 Å². The van der Waals surface area contributed by atoms with Crippen molar-refractivity contribution in [1.82, 2.24) is 9.55 Å². The van der Waals surface area contributed by atoms with Crippen LogP contribution in [0.25, 0.3) is 0 Å². The predicted molar refractivity (Wildman–Crippen MR) is 152 cm³/mol. The van der Waals surface area contributed by atoms with Crippen LogP contribution in [0.5, 0.6) is 0 Å². The average Bonchev–Trinajstić information content (AvgIpc) is 3.38. The highest BCUT2D eigenvalue weighted by atomic mass is 16.2. The Balaban J connectivity index is 1.50. The summed E-state index contributed by atoms with van der Waals surface area (Å²) in [6, 6.07) is 0. The molecule has 8 atom stereocenters. The van der Waals surface area contributed by atoms with Crippen LogP contribution < -0.4 is 0 Å². The molecule has 0 saturated heterocycles. The number of allylic oxidation sites excluding steroid dienone is 2. The number of hydrogen-bond donors (Lipinski definition) is 0. The Labute approximate surface area is 234 Å². The summed E-state index contributed by atoms with van der Waals surface area (Å²) in [4.78, 5) is 46.3. The predicted octanol–water partition coefficient (Wildman–Crippen LogP) is 7.32.